The highest BCUT2D eigenvalue weighted by Crippen LogP contribution is 2.31. The SMILES string of the molecule is CCC1=CN=C(N(Cc2ccc(OC)cc2COC)S(=O)(=O)c2cc(C)c(F)cc2F)SC1. The summed E-state index contributed by atoms with van der Waals surface area (Å²) in [6.07, 6.45) is 2.43. The lowest BCUT2D eigenvalue weighted by molar-refractivity contribution is 0.183. The van der Waals surface area contributed by atoms with Crippen molar-refractivity contribution in [2.45, 2.75) is 38.3 Å². The second kappa shape index (κ2) is 10.7. The largest absolute Gasteiger partial charge is 0.497 e. The van der Waals surface area contributed by atoms with E-state index in [9.17, 15) is 17.2 Å². The Morgan fingerprint density at radius 1 is 1.12 bits per heavy atom. The Hall–Kier alpha value is -2.43. The topological polar surface area (TPSA) is 68.2 Å². The second-order valence-electron chi connectivity index (χ2n) is 7.45. The normalized spacial score (nSPS) is 14.0. The van der Waals surface area contributed by atoms with Crippen LogP contribution in [-0.2, 0) is 27.9 Å². The Bertz CT molecular complexity index is 1200. The van der Waals surface area contributed by atoms with E-state index in [0.29, 0.717) is 23.1 Å². The Kier molecular flexibility index (Phi) is 8.14. The van der Waals surface area contributed by atoms with Gasteiger partial charge in [0.2, 0.25) is 0 Å². The van der Waals surface area contributed by atoms with Crippen molar-refractivity contribution in [1.82, 2.24) is 4.31 Å². The van der Waals surface area contributed by atoms with Crippen molar-refractivity contribution in [2.75, 3.05) is 20.0 Å². The number of aryl methyl sites for hydroxylation is 1. The minimum absolute atomic E-state index is 0.0332. The van der Waals surface area contributed by atoms with Crippen LogP contribution < -0.4 is 4.74 Å². The minimum Gasteiger partial charge on any atom is -0.497 e. The fraction of sp³-hybridized carbons (Fsp3) is 0.348. The van der Waals surface area contributed by atoms with Crippen LogP contribution in [-0.4, -0.2) is 37.9 Å². The molecule has 0 unspecified atom stereocenters. The quantitative estimate of drug-likeness (QED) is 0.514. The minimum atomic E-state index is -4.40. The van der Waals surface area contributed by atoms with Crippen LogP contribution in [0.25, 0.3) is 0 Å². The maximum absolute atomic E-state index is 14.7. The van der Waals surface area contributed by atoms with E-state index in [1.165, 1.54) is 32.9 Å². The van der Waals surface area contributed by atoms with Crippen LogP contribution in [0, 0.1) is 18.6 Å². The van der Waals surface area contributed by atoms with Gasteiger partial charge in [-0.1, -0.05) is 24.8 Å². The molecule has 178 valence electrons. The molecule has 2 aromatic carbocycles. The van der Waals surface area contributed by atoms with Crippen molar-refractivity contribution in [3.05, 3.63) is 70.4 Å². The zero-order chi connectivity index (χ0) is 24.2. The summed E-state index contributed by atoms with van der Waals surface area (Å²) in [5.41, 5.74) is 2.47. The van der Waals surface area contributed by atoms with Crippen LogP contribution in [0.15, 0.2) is 52.0 Å². The Morgan fingerprint density at radius 2 is 1.88 bits per heavy atom. The molecule has 0 N–H and O–H groups in total. The average molecular weight is 497 g/mol. The summed E-state index contributed by atoms with van der Waals surface area (Å²) in [4.78, 5) is 3.76. The second-order valence-corrected chi connectivity index (χ2v) is 10.2. The third-order valence-electron chi connectivity index (χ3n) is 5.22. The summed E-state index contributed by atoms with van der Waals surface area (Å²) in [5.74, 6) is -0.795. The molecule has 2 aromatic rings. The third-order valence-corrected chi connectivity index (χ3v) is 8.19. The van der Waals surface area contributed by atoms with E-state index in [1.807, 2.05) is 6.92 Å². The summed E-state index contributed by atoms with van der Waals surface area (Å²) in [6, 6.07) is 6.82. The van der Waals surface area contributed by atoms with Crippen LogP contribution >= 0.6 is 11.8 Å². The molecule has 6 nitrogen and oxygen atoms in total. The standard InChI is InChI=1S/C23H26F2N2O4S2/c1-5-16-11-26-23(32-14-16)27(12-17-6-7-19(31-4)9-18(17)13-30-3)33(28,29)22-8-15(2)20(24)10-21(22)25/h6-11H,5,12-14H2,1-4H3. The van der Waals surface area contributed by atoms with Gasteiger partial charge in [0.1, 0.15) is 22.3 Å². The van der Waals surface area contributed by atoms with Gasteiger partial charge in [0, 0.05) is 25.1 Å². The van der Waals surface area contributed by atoms with Gasteiger partial charge in [0.15, 0.2) is 5.17 Å². The molecule has 0 saturated carbocycles. The molecule has 10 heteroatoms. The van der Waals surface area contributed by atoms with Crippen molar-refractivity contribution >= 4 is 27.0 Å². The van der Waals surface area contributed by atoms with Gasteiger partial charge in [-0.25, -0.2) is 26.5 Å². The number of hydrogen-bond donors (Lipinski definition) is 0. The summed E-state index contributed by atoms with van der Waals surface area (Å²) in [5, 5.41) is 0.216. The van der Waals surface area contributed by atoms with Crippen molar-refractivity contribution < 1.29 is 26.7 Å². The number of thioether (sulfide) groups is 1. The zero-order valence-corrected chi connectivity index (χ0v) is 20.5. The molecule has 3 rings (SSSR count). The van der Waals surface area contributed by atoms with Crippen molar-refractivity contribution in [3.8, 4) is 5.75 Å². The van der Waals surface area contributed by atoms with Gasteiger partial charge in [-0.05, 0) is 53.8 Å². The first-order valence-electron chi connectivity index (χ1n) is 10.2. The highest BCUT2D eigenvalue weighted by Gasteiger charge is 2.33. The molecule has 0 saturated heterocycles. The molecular formula is C23H26F2N2O4S2. The van der Waals surface area contributed by atoms with Crippen molar-refractivity contribution in [2.24, 2.45) is 4.99 Å². The van der Waals surface area contributed by atoms with Crippen LogP contribution in [0.4, 0.5) is 8.78 Å². The lowest BCUT2D eigenvalue weighted by atomic mass is 10.1. The molecule has 0 aromatic heterocycles. The van der Waals surface area contributed by atoms with Crippen molar-refractivity contribution in [1.29, 1.82) is 0 Å². The van der Waals surface area contributed by atoms with Crippen molar-refractivity contribution in [3.63, 3.8) is 0 Å². The van der Waals surface area contributed by atoms with Gasteiger partial charge in [0.25, 0.3) is 10.0 Å². The molecule has 1 heterocycles. The fourth-order valence-electron chi connectivity index (χ4n) is 3.24. The van der Waals surface area contributed by atoms with Crippen LogP contribution in [0.2, 0.25) is 0 Å². The summed E-state index contributed by atoms with van der Waals surface area (Å²) in [6.45, 7) is 3.50. The van der Waals surface area contributed by atoms with E-state index in [1.54, 1.807) is 24.4 Å². The first kappa shape index (κ1) is 25.2. The van der Waals surface area contributed by atoms with Gasteiger partial charge in [-0.2, -0.15) is 0 Å². The molecule has 1 aliphatic heterocycles. The lowest BCUT2D eigenvalue weighted by Crippen LogP contribution is -2.36. The highest BCUT2D eigenvalue weighted by atomic mass is 32.2. The van der Waals surface area contributed by atoms with E-state index in [4.69, 9.17) is 9.47 Å². The lowest BCUT2D eigenvalue weighted by Gasteiger charge is -2.28. The molecule has 0 amide bonds. The predicted octanol–water partition coefficient (Wildman–Crippen LogP) is 5.02. The number of rotatable bonds is 8. The number of amidine groups is 1. The molecule has 0 atom stereocenters. The predicted molar refractivity (Wildman–Crippen MR) is 126 cm³/mol. The third kappa shape index (κ3) is 5.56. The molecule has 33 heavy (non-hydrogen) atoms. The Balaban J connectivity index is 2.13. The van der Waals surface area contributed by atoms with Crippen LogP contribution in [0.1, 0.15) is 30.0 Å². The number of ether oxygens (including phenoxy) is 2. The first-order valence-corrected chi connectivity index (χ1v) is 12.7. The van der Waals surface area contributed by atoms with E-state index in [0.717, 1.165) is 27.9 Å². The first-order chi connectivity index (χ1) is 15.7. The maximum Gasteiger partial charge on any atom is 0.269 e. The van der Waals surface area contributed by atoms with Gasteiger partial charge < -0.3 is 9.47 Å². The van der Waals surface area contributed by atoms with E-state index < -0.39 is 26.6 Å². The van der Waals surface area contributed by atoms with E-state index >= 15 is 0 Å². The number of sulfonamides is 1. The van der Waals surface area contributed by atoms with Gasteiger partial charge in [-0.15, -0.1) is 0 Å². The van der Waals surface area contributed by atoms with E-state index in [2.05, 4.69) is 4.99 Å². The summed E-state index contributed by atoms with van der Waals surface area (Å²) >= 11 is 1.26. The molecule has 0 spiro atoms. The summed E-state index contributed by atoms with van der Waals surface area (Å²) in [7, 11) is -1.33. The fourth-order valence-corrected chi connectivity index (χ4v) is 6.05. The molecule has 0 radical (unpaired) electrons. The number of benzene rings is 2. The highest BCUT2D eigenvalue weighted by molar-refractivity contribution is 8.15. The molecule has 0 aliphatic carbocycles. The number of nitrogens with zero attached hydrogens (tertiary/aromatic N) is 2. The number of halogens is 2. The molecule has 1 aliphatic rings. The van der Waals surface area contributed by atoms with Crippen LogP contribution in [0.5, 0.6) is 5.75 Å². The van der Waals surface area contributed by atoms with Gasteiger partial charge in [0.05, 0.1) is 20.3 Å². The molecule has 0 bridgehead atoms. The smallest absolute Gasteiger partial charge is 0.269 e. The van der Waals surface area contributed by atoms with E-state index in [-0.39, 0.29) is 23.9 Å². The summed E-state index contributed by atoms with van der Waals surface area (Å²) < 4.78 is 67.4. The Morgan fingerprint density at radius 3 is 2.48 bits per heavy atom. The maximum atomic E-state index is 14.7. The monoisotopic (exact) mass is 496 g/mol. The van der Waals surface area contributed by atoms with Gasteiger partial charge in [-0.3, -0.25) is 0 Å². The number of hydrogen-bond acceptors (Lipinski definition) is 6. The molecule has 0 fully saturated rings. The van der Waals surface area contributed by atoms with Crippen LogP contribution in [0.3, 0.4) is 0 Å². The molecular weight excluding hydrogens is 470 g/mol. The number of methoxy groups -OCH3 is 2. The Labute approximate surface area is 197 Å². The van der Waals surface area contributed by atoms with Gasteiger partial charge >= 0.3 is 0 Å². The number of aliphatic imine (C=N–C) groups is 1. The zero-order valence-electron chi connectivity index (χ0n) is 18.9. The average Bonchev–Trinajstić information content (AvgIpc) is 2.80.